The molecule has 0 fully saturated rings. The minimum absolute atomic E-state index is 0.250. The first kappa shape index (κ1) is 35.0. The van der Waals surface area contributed by atoms with E-state index in [0.717, 1.165) is 12.1 Å². The van der Waals surface area contributed by atoms with E-state index in [1.807, 2.05) is 18.2 Å². The molecule has 0 aliphatic heterocycles. The number of terminal acetylenes is 1. The highest BCUT2D eigenvalue weighted by Crippen LogP contribution is 2.32. The van der Waals surface area contributed by atoms with Gasteiger partial charge in [0, 0.05) is 29.6 Å². The Labute approximate surface area is 229 Å². The predicted octanol–water partition coefficient (Wildman–Crippen LogP) is 8.12. The molecule has 1 unspecified atom stereocenters. The van der Waals surface area contributed by atoms with Gasteiger partial charge in [-0.05, 0) is 43.7 Å². The lowest BCUT2D eigenvalue weighted by atomic mass is 9.97. The zero-order valence-electron chi connectivity index (χ0n) is 21.5. The zero-order valence-corrected chi connectivity index (χ0v) is 22.3. The summed E-state index contributed by atoms with van der Waals surface area (Å²) in [4.78, 5) is 13.6. The minimum Gasteiger partial charge on any atom is -0.428 e. The Morgan fingerprint density at radius 2 is 1.69 bits per heavy atom. The van der Waals surface area contributed by atoms with Crippen molar-refractivity contribution in [2.45, 2.75) is 45.3 Å². The summed E-state index contributed by atoms with van der Waals surface area (Å²) in [6, 6.07) is 15.8. The van der Waals surface area contributed by atoms with Gasteiger partial charge in [-0.3, -0.25) is 4.98 Å². The molecule has 0 aliphatic carbocycles. The Bertz CT molecular complexity index is 1180. The normalized spacial score (nSPS) is 11.7. The summed E-state index contributed by atoms with van der Waals surface area (Å²) >= 11 is 5.72. The first-order chi connectivity index (χ1) is 18.3. The second kappa shape index (κ2) is 17.5. The van der Waals surface area contributed by atoms with E-state index in [2.05, 4.69) is 53.4 Å². The molecule has 0 aliphatic rings. The summed E-state index contributed by atoms with van der Waals surface area (Å²) in [5, 5.41) is 3.02. The number of aryl methyl sites for hydroxylation is 1. The van der Waals surface area contributed by atoms with E-state index in [1.54, 1.807) is 26.0 Å². The van der Waals surface area contributed by atoms with Crippen LogP contribution in [-0.4, -0.2) is 23.6 Å². The molecule has 5 nitrogen and oxygen atoms in total. The third-order valence-corrected chi connectivity index (χ3v) is 4.95. The summed E-state index contributed by atoms with van der Waals surface area (Å²) in [6.45, 7) is 8.64. The molecule has 1 aromatic heterocycles. The molecule has 0 spiro atoms. The summed E-state index contributed by atoms with van der Waals surface area (Å²) in [6.07, 6.45) is 0.659. The van der Waals surface area contributed by atoms with Crippen molar-refractivity contribution in [1.29, 1.82) is 0 Å². The molecule has 0 saturated heterocycles. The molecule has 2 aromatic carbocycles. The van der Waals surface area contributed by atoms with Crippen LogP contribution in [0.3, 0.4) is 0 Å². The van der Waals surface area contributed by atoms with Crippen molar-refractivity contribution in [1.82, 2.24) is 4.98 Å². The van der Waals surface area contributed by atoms with E-state index in [0.29, 0.717) is 22.5 Å². The van der Waals surface area contributed by atoms with E-state index in [1.165, 1.54) is 11.8 Å². The van der Waals surface area contributed by atoms with Gasteiger partial charge in [-0.25, -0.2) is 4.39 Å². The Morgan fingerprint density at radius 3 is 2.08 bits per heavy atom. The number of hydrogen-bond acceptors (Lipinski definition) is 5. The van der Waals surface area contributed by atoms with Gasteiger partial charge in [-0.15, -0.1) is 12.8 Å². The van der Waals surface area contributed by atoms with Gasteiger partial charge in [-0.2, -0.15) is 22.5 Å². The quantitative estimate of drug-likeness (QED) is 0.177. The van der Waals surface area contributed by atoms with Crippen molar-refractivity contribution >= 4 is 11.6 Å². The third kappa shape index (κ3) is 13.4. The van der Waals surface area contributed by atoms with Crippen LogP contribution >= 0.6 is 11.6 Å². The number of benzene rings is 2. The van der Waals surface area contributed by atoms with Crippen molar-refractivity contribution < 1.29 is 26.7 Å². The molecule has 1 heterocycles. The maximum absolute atomic E-state index is 13.6. The molecule has 0 bridgehead atoms. The van der Waals surface area contributed by atoms with Gasteiger partial charge in [0.05, 0.1) is 5.02 Å². The number of halogens is 6. The monoisotopic (exact) mass is 569 g/mol. The van der Waals surface area contributed by atoms with Crippen LogP contribution in [0.4, 0.5) is 22.0 Å². The zero-order chi connectivity index (χ0) is 30.2. The van der Waals surface area contributed by atoms with Crippen LogP contribution in [0.5, 0.6) is 5.75 Å². The number of aromatic nitrogens is 1. The van der Waals surface area contributed by atoms with Gasteiger partial charge in [0.2, 0.25) is 0 Å². The minimum atomic E-state index is -4.70. The molecule has 11 heteroatoms. The summed E-state index contributed by atoms with van der Waals surface area (Å²) in [7, 11) is 0. The van der Waals surface area contributed by atoms with Gasteiger partial charge in [0.1, 0.15) is 17.6 Å². The van der Waals surface area contributed by atoms with Crippen LogP contribution in [-0.2, 0) is 0 Å². The molecule has 0 amide bonds. The highest BCUT2D eigenvalue weighted by molar-refractivity contribution is 6.30. The van der Waals surface area contributed by atoms with Crippen LogP contribution in [0.1, 0.15) is 36.6 Å². The molecule has 3 rings (SSSR count). The van der Waals surface area contributed by atoms with Crippen LogP contribution in [0, 0.1) is 30.5 Å². The van der Waals surface area contributed by atoms with Crippen LogP contribution in [0.25, 0.3) is 0 Å². The number of ether oxygens (including phenoxy) is 1. The van der Waals surface area contributed by atoms with Gasteiger partial charge in [0.15, 0.2) is 0 Å². The fourth-order valence-corrected chi connectivity index (χ4v) is 2.62. The van der Waals surface area contributed by atoms with E-state index >= 15 is 0 Å². The highest BCUT2D eigenvalue weighted by Gasteiger charge is 2.44. The van der Waals surface area contributed by atoms with E-state index in [9.17, 15) is 26.9 Å². The SMILES string of the molecule is C#C.C=C(N)C(C)N=O.C[C@@H](c1cc(F)cc(OC(F)(F)C(F)F)c1)c1ccc(Cl)cn1.Cc1ccccc1. The van der Waals surface area contributed by atoms with Crippen molar-refractivity contribution in [3.8, 4) is 18.6 Å². The third-order valence-electron chi connectivity index (χ3n) is 4.73. The smallest absolute Gasteiger partial charge is 0.428 e. The van der Waals surface area contributed by atoms with E-state index < -0.39 is 36.1 Å². The number of hydrogen-bond donors (Lipinski definition) is 1. The summed E-state index contributed by atoms with van der Waals surface area (Å²) in [5.74, 6) is -2.06. The topological polar surface area (TPSA) is 77.6 Å². The standard InChI is InChI=1S/C15H11ClF5NO.C7H8.C4H8N2O.C2H2/c1-8(13-3-2-10(16)7-22-13)9-4-11(17)6-12(5-9)23-15(20,21)14(18)19;1-7-5-3-2-4-6-7;1-3(5)4(2)6-7;1-2/h2-8,14H,1H3;2-6H,1H3;4H,1,5H2,2H3;1-2H/t8-;;;/m0.../s1. The van der Waals surface area contributed by atoms with Crippen LogP contribution in [0.15, 0.2) is 84.3 Å². The number of pyridine rings is 1. The Morgan fingerprint density at radius 1 is 1.10 bits per heavy atom. The second-order valence-electron chi connectivity index (χ2n) is 7.82. The lowest BCUT2D eigenvalue weighted by Gasteiger charge is -2.18. The maximum Gasteiger partial charge on any atom is 0.461 e. The highest BCUT2D eigenvalue weighted by atomic mass is 35.5. The molecule has 39 heavy (non-hydrogen) atoms. The van der Waals surface area contributed by atoms with Crippen molar-refractivity contribution in [3.63, 3.8) is 0 Å². The fraction of sp³-hybridized carbons (Fsp3) is 0.250. The van der Waals surface area contributed by atoms with Crippen LogP contribution in [0.2, 0.25) is 5.02 Å². The molecule has 210 valence electrons. The molecule has 2 atom stereocenters. The second-order valence-corrected chi connectivity index (χ2v) is 8.26. The number of nitrogens with zero attached hydrogens (tertiary/aromatic N) is 2. The lowest BCUT2D eigenvalue weighted by Crippen LogP contribution is -2.33. The average molecular weight is 570 g/mol. The largest absolute Gasteiger partial charge is 0.461 e. The van der Waals surface area contributed by atoms with Crippen molar-refractivity contribution in [3.05, 3.63) is 112 Å². The summed E-state index contributed by atoms with van der Waals surface area (Å²) in [5.41, 5.74) is 7.45. The number of rotatable bonds is 7. The molecule has 0 saturated carbocycles. The van der Waals surface area contributed by atoms with Crippen molar-refractivity contribution in [2.75, 3.05) is 0 Å². The maximum atomic E-state index is 13.6. The molecule has 0 radical (unpaired) electrons. The average Bonchev–Trinajstić information content (AvgIpc) is 2.90. The lowest BCUT2D eigenvalue weighted by molar-refractivity contribution is -0.253. The van der Waals surface area contributed by atoms with Gasteiger partial charge in [-0.1, -0.05) is 66.2 Å². The fourth-order valence-electron chi connectivity index (χ4n) is 2.51. The van der Waals surface area contributed by atoms with Gasteiger partial charge >= 0.3 is 12.5 Å². The van der Waals surface area contributed by atoms with Gasteiger partial charge in [0.25, 0.3) is 0 Å². The Hall–Kier alpha value is -3.97. The summed E-state index contributed by atoms with van der Waals surface area (Å²) < 4.78 is 67.7. The van der Waals surface area contributed by atoms with Gasteiger partial charge < -0.3 is 10.5 Å². The molecule has 3 aromatic rings. The first-order valence-corrected chi connectivity index (χ1v) is 11.5. The predicted molar refractivity (Wildman–Crippen MR) is 144 cm³/mol. The number of alkyl halides is 4. The number of nitrogens with two attached hydrogens (primary N) is 1. The molecule has 2 N–H and O–H groups in total. The van der Waals surface area contributed by atoms with E-state index in [-0.39, 0.29) is 5.56 Å². The first-order valence-electron chi connectivity index (χ1n) is 11.2. The molecular formula is C28H29ClF5N3O2. The molecular weight excluding hydrogens is 541 g/mol. The van der Waals surface area contributed by atoms with Crippen molar-refractivity contribution in [2.24, 2.45) is 10.9 Å². The Balaban J connectivity index is 0.000000735. The Kier molecular flexibility index (Phi) is 15.7. The van der Waals surface area contributed by atoms with E-state index in [4.69, 9.17) is 17.3 Å². The van der Waals surface area contributed by atoms with Crippen LogP contribution < -0.4 is 10.5 Å². The number of nitroso groups, excluding NO2 is 1.